The number of carbonyl (C=O) groups excluding carboxylic acids is 1. The Bertz CT molecular complexity index is 586. The number of carbonyl (C=O) groups is 1. The van der Waals surface area contributed by atoms with Gasteiger partial charge in [-0.2, -0.15) is 0 Å². The number of aryl methyl sites for hydroxylation is 1. The van der Waals surface area contributed by atoms with Gasteiger partial charge < -0.3 is 5.32 Å². The Kier molecular flexibility index (Phi) is 5.81. The number of nitrogens with zero attached hydrogens (tertiary/aromatic N) is 1. The molecule has 1 aromatic heterocycles. The van der Waals surface area contributed by atoms with E-state index in [1.807, 2.05) is 37.4 Å². The van der Waals surface area contributed by atoms with E-state index in [1.165, 1.54) is 17.3 Å². The Morgan fingerprint density at radius 2 is 2.00 bits per heavy atom. The van der Waals surface area contributed by atoms with Gasteiger partial charge in [0.15, 0.2) is 0 Å². The predicted octanol–water partition coefficient (Wildman–Crippen LogP) is 3.55. The summed E-state index contributed by atoms with van der Waals surface area (Å²) >= 11 is 1.49. The van der Waals surface area contributed by atoms with Crippen molar-refractivity contribution < 1.29 is 4.79 Å². The quantitative estimate of drug-likeness (QED) is 0.830. The van der Waals surface area contributed by atoms with Crippen molar-refractivity contribution in [3.8, 4) is 0 Å². The molecule has 0 saturated heterocycles. The average molecular weight is 300 g/mol. The van der Waals surface area contributed by atoms with E-state index in [2.05, 4.69) is 22.4 Å². The van der Waals surface area contributed by atoms with E-state index in [1.54, 1.807) is 12.3 Å². The molecule has 1 heterocycles. The number of hydrogen-bond donors (Lipinski definition) is 1. The molecule has 0 spiro atoms. The monoisotopic (exact) mass is 300 g/mol. The van der Waals surface area contributed by atoms with Gasteiger partial charge in [-0.3, -0.25) is 4.79 Å². The van der Waals surface area contributed by atoms with E-state index in [9.17, 15) is 4.79 Å². The maximum atomic E-state index is 12.3. The molecule has 1 amide bonds. The molecule has 0 aliphatic carbocycles. The molecule has 0 aliphatic rings. The first-order valence-electron chi connectivity index (χ1n) is 7.04. The highest BCUT2D eigenvalue weighted by Crippen LogP contribution is 2.17. The van der Waals surface area contributed by atoms with Crippen molar-refractivity contribution in [1.82, 2.24) is 10.3 Å². The zero-order valence-corrected chi connectivity index (χ0v) is 13.2. The van der Waals surface area contributed by atoms with E-state index >= 15 is 0 Å². The lowest BCUT2D eigenvalue weighted by Crippen LogP contribution is -2.33. The number of hydrogen-bond acceptors (Lipinski definition) is 3. The highest BCUT2D eigenvalue weighted by Gasteiger charge is 2.13. The molecule has 0 radical (unpaired) electrons. The third kappa shape index (κ3) is 4.60. The second-order valence-electron chi connectivity index (χ2n) is 4.96. The van der Waals surface area contributed by atoms with Crippen LogP contribution in [0.3, 0.4) is 0 Å². The van der Waals surface area contributed by atoms with Gasteiger partial charge in [0.2, 0.25) is 0 Å². The molecule has 1 aromatic carbocycles. The molecule has 2 aromatic rings. The Hall–Kier alpha value is -1.81. The van der Waals surface area contributed by atoms with Crippen molar-refractivity contribution in [2.75, 3.05) is 6.26 Å². The van der Waals surface area contributed by atoms with E-state index in [-0.39, 0.29) is 11.9 Å². The predicted molar refractivity (Wildman–Crippen MR) is 87.7 cm³/mol. The molecule has 1 atom stereocenters. The Morgan fingerprint density at radius 1 is 1.24 bits per heavy atom. The summed E-state index contributed by atoms with van der Waals surface area (Å²) in [5.74, 6) is -0.0481. The standard InChI is InChI=1S/C17H20N2OS/c1-13(10-11-14-7-4-3-5-8-14)19-16(20)15-9-6-12-18-17(15)21-2/h3-9,12-13H,10-11H2,1-2H3,(H,19,20)/t13-/m1/s1. The minimum Gasteiger partial charge on any atom is -0.349 e. The summed E-state index contributed by atoms with van der Waals surface area (Å²) in [5, 5.41) is 3.82. The van der Waals surface area contributed by atoms with Gasteiger partial charge in [-0.05, 0) is 43.7 Å². The molecular formula is C17H20N2OS. The summed E-state index contributed by atoms with van der Waals surface area (Å²) in [6, 6.07) is 14.1. The van der Waals surface area contributed by atoms with Crippen LogP contribution in [0, 0.1) is 0 Å². The fourth-order valence-electron chi connectivity index (χ4n) is 2.13. The topological polar surface area (TPSA) is 42.0 Å². The van der Waals surface area contributed by atoms with Crippen LogP contribution in [0.2, 0.25) is 0 Å². The van der Waals surface area contributed by atoms with Gasteiger partial charge in [-0.25, -0.2) is 4.98 Å². The molecule has 0 saturated carbocycles. The largest absolute Gasteiger partial charge is 0.349 e. The highest BCUT2D eigenvalue weighted by molar-refractivity contribution is 7.98. The van der Waals surface area contributed by atoms with E-state index in [0.717, 1.165) is 17.9 Å². The fraction of sp³-hybridized carbons (Fsp3) is 0.294. The van der Waals surface area contributed by atoms with Crippen LogP contribution in [0.5, 0.6) is 0 Å². The number of pyridine rings is 1. The number of rotatable bonds is 6. The summed E-state index contributed by atoms with van der Waals surface area (Å²) in [5.41, 5.74) is 1.95. The number of thioether (sulfide) groups is 1. The van der Waals surface area contributed by atoms with E-state index < -0.39 is 0 Å². The second kappa shape index (κ2) is 7.84. The molecule has 110 valence electrons. The second-order valence-corrected chi connectivity index (χ2v) is 5.75. The summed E-state index contributed by atoms with van der Waals surface area (Å²) < 4.78 is 0. The first-order valence-corrected chi connectivity index (χ1v) is 8.27. The van der Waals surface area contributed by atoms with Crippen LogP contribution in [0.4, 0.5) is 0 Å². The van der Waals surface area contributed by atoms with Gasteiger partial charge in [0.05, 0.1) is 5.56 Å². The minimum absolute atomic E-state index is 0.0481. The molecule has 0 aliphatic heterocycles. The van der Waals surface area contributed by atoms with Crippen LogP contribution >= 0.6 is 11.8 Å². The van der Waals surface area contributed by atoms with Crippen LogP contribution in [-0.2, 0) is 6.42 Å². The Morgan fingerprint density at radius 3 is 2.71 bits per heavy atom. The SMILES string of the molecule is CSc1ncccc1C(=O)N[C@H](C)CCc1ccccc1. The number of amides is 1. The van der Waals surface area contributed by atoms with Gasteiger partial charge in [0, 0.05) is 12.2 Å². The first-order chi connectivity index (χ1) is 10.2. The van der Waals surface area contributed by atoms with Gasteiger partial charge >= 0.3 is 0 Å². The van der Waals surface area contributed by atoms with Crippen LogP contribution in [-0.4, -0.2) is 23.2 Å². The van der Waals surface area contributed by atoms with Crippen molar-refractivity contribution in [2.45, 2.75) is 30.8 Å². The molecule has 0 bridgehead atoms. The lowest BCUT2D eigenvalue weighted by molar-refractivity contribution is 0.0935. The van der Waals surface area contributed by atoms with Crippen LogP contribution in [0.15, 0.2) is 53.7 Å². The van der Waals surface area contributed by atoms with E-state index in [4.69, 9.17) is 0 Å². The van der Waals surface area contributed by atoms with Gasteiger partial charge in [-0.1, -0.05) is 30.3 Å². The molecular weight excluding hydrogens is 280 g/mol. The lowest BCUT2D eigenvalue weighted by Gasteiger charge is -2.15. The van der Waals surface area contributed by atoms with Gasteiger partial charge in [0.25, 0.3) is 5.91 Å². The van der Waals surface area contributed by atoms with Crippen LogP contribution < -0.4 is 5.32 Å². The molecule has 21 heavy (non-hydrogen) atoms. The summed E-state index contributed by atoms with van der Waals surface area (Å²) in [6.45, 7) is 2.04. The number of nitrogens with one attached hydrogen (secondary N) is 1. The van der Waals surface area contributed by atoms with Crippen LogP contribution in [0.25, 0.3) is 0 Å². The summed E-state index contributed by atoms with van der Waals surface area (Å²) in [7, 11) is 0. The zero-order chi connectivity index (χ0) is 15.1. The van der Waals surface area contributed by atoms with Crippen molar-refractivity contribution >= 4 is 17.7 Å². The van der Waals surface area contributed by atoms with Crippen LogP contribution in [0.1, 0.15) is 29.3 Å². The fourth-order valence-corrected chi connectivity index (χ4v) is 2.67. The maximum Gasteiger partial charge on any atom is 0.254 e. The highest BCUT2D eigenvalue weighted by atomic mass is 32.2. The maximum absolute atomic E-state index is 12.3. The van der Waals surface area contributed by atoms with Crippen molar-refractivity contribution in [3.63, 3.8) is 0 Å². The molecule has 4 heteroatoms. The minimum atomic E-state index is -0.0481. The number of aromatic nitrogens is 1. The van der Waals surface area contributed by atoms with E-state index in [0.29, 0.717) is 5.56 Å². The third-order valence-corrected chi connectivity index (χ3v) is 4.01. The molecule has 2 rings (SSSR count). The summed E-state index contributed by atoms with van der Waals surface area (Å²) in [6.07, 6.45) is 5.52. The Balaban J connectivity index is 1.90. The number of benzene rings is 1. The van der Waals surface area contributed by atoms with Gasteiger partial charge in [0.1, 0.15) is 5.03 Å². The van der Waals surface area contributed by atoms with Gasteiger partial charge in [-0.15, -0.1) is 11.8 Å². The smallest absolute Gasteiger partial charge is 0.254 e. The van der Waals surface area contributed by atoms with Crippen molar-refractivity contribution in [2.24, 2.45) is 0 Å². The average Bonchev–Trinajstić information content (AvgIpc) is 2.53. The third-order valence-electron chi connectivity index (χ3n) is 3.30. The molecule has 0 unspecified atom stereocenters. The Labute approximate surface area is 130 Å². The first kappa shape index (κ1) is 15.6. The zero-order valence-electron chi connectivity index (χ0n) is 12.4. The van der Waals surface area contributed by atoms with Crippen molar-refractivity contribution in [3.05, 3.63) is 59.8 Å². The normalized spacial score (nSPS) is 11.9. The molecule has 0 fully saturated rings. The summed E-state index contributed by atoms with van der Waals surface area (Å²) in [4.78, 5) is 16.5. The van der Waals surface area contributed by atoms with Crippen molar-refractivity contribution in [1.29, 1.82) is 0 Å². The lowest BCUT2D eigenvalue weighted by atomic mass is 10.1. The molecule has 3 nitrogen and oxygen atoms in total. The molecule has 1 N–H and O–H groups in total.